The van der Waals surface area contributed by atoms with Crippen molar-refractivity contribution in [2.75, 3.05) is 32.9 Å². The SMILES string of the molecule is CCOCCOC(C)C(=O)N1CCC(C(=O)O)(C(C)C)C1. The van der Waals surface area contributed by atoms with Crippen LogP contribution in [0.5, 0.6) is 0 Å². The molecule has 1 rings (SSSR count). The number of hydrogen-bond acceptors (Lipinski definition) is 4. The van der Waals surface area contributed by atoms with E-state index in [1.54, 1.807) is 11.8 Å². The van der Waals surface area contributed by atoms with Crippen LogP contribution in [0.4, 0.5) is 0 Å². The predicted molar refractivity (Wildman–Crippen MR) is 78.0 cm³/mol. The molecule has 1 fully saturated rings. The summed E-state index contributed by atoms with van der Waals surface area (Å²) in [6, 6.07) is 0. The Balaban J connectivity index is 2.55. The number of rotatable bonds is 8. The standard InChI is InChI=1S/C15H27NO5/c1-5-20-8-9-21-12(4)13(17)16-7-6-15(10-16,11(2)3)14(18)19/h11-12H,5-10H2,1-4H3,(H,18,19). The highest BCUT2D eigenvalue weighted by Gasteiger charge is 2.48. The zero-order valence-electron chi connectivity index (χ0n) is 13.4. The average molecular weight is 301 g/mol. The van der Waals surface area contributed by atoms with Crippen molar-refractivity contribution in [3.8, 4) is 0 Å². The molecule has 0 radical (unpaired) electrons. The van der Waals surface area contributed by atoms with Gasteiger partial charge >= 0.3 is 5.97 Å². The Morgan fingerprint density at radius 3 is 2.43 bits per heavy atom. The summed E-state index contributed by atoms with van der Waals surface area (Å²) in [5, 5.41) is 9.49. The molecule has 0 spiro atoms. The number of carbonyl (C=O) groups is 2. The first-order chi connectivity index (χ1) is 9.85. The van der Waals surface area contributed by atoms with E-state index in [1.165, 1.54) is 0 Å². The van der Waals surface area contributed by atoms with Gasteiger partial charge in [-0.15, -0.1) is 0 Å². The lowest BCUT2D eigenvalue weighted by Gasteiger charge is -2.29. The molecule has 122 valence electrons. The number of carboxylic acid groups (broad SMARTS) is 1. The molecule has 21 heavy (non-hydrogen) atoms. The van der Waals surface area contributed by atoms with Gasteiger partial charge in [-0.25, -0.2) is 0 Å². The van der Waals surface area contributed by atoms with E-state index in [-0.39, 0.29) is 18.4 Å². The quantitative estimate of drug-likeness (QED) is 0.686. The van der Waals surface area contributed by atoms with Crippen LogP contribution in [0.2, 0.25) is 0 Å². The predicted octanol–water partition coefficient (Wildman–Crippen LogP) is 1.39. The lowest BCUT2D eigenvalue weighted by Crippen LogP contribution is -2.43. The molecule has 6 nitrogen and oxygen atoms in total. The summed E-state index contributed by atoms with van der Waals surface area (Å²) >= 11 is 0. The van der Waals surface area contributed by atoms with Crippen molar-refractivity contribution in [3.63, 3.8) is 0 Å². The molecule has 0 saturated carbocycles. The number of nitrogens with zero attached hydrogens (tertiary/aromatic N) is 1. The third-order valence-electron chi connectivity index (χ3n) is 4.29. The van der Waals surface area contributed by atoms with Crippen molar-refractivity contribution in [3.05, 3.63) is 0 Å². The summed E-state index contributed by atoms with van der Waals surface area (Å²) in [7, 11) is 0. The summed E-state index contributed by atoms with van der Waals surface area (Å²) in [4.78, 5) is 25.5. The van der Waals surface area contributed by atoms with Crippen molar-refractivity contribution in [2.24, 2.45) is 11.3 Å². The van der Waals surface area contributed by atoms with E-state index in [4.69, 9.17) is 9.47 Å². The van der Waals surface area contributed by atoms with Gasteiger partial charge in [0.1, 0.15) is 6.10 Å². The minimum atomic E-state index is -0.833. The maximum Gasteiger partial charge on any atom is 0.311 e. The number of carboxylic acids is 1. The van der Waals surface area contributed by atoms with Gasteiger partial charge in [0.25, 0.3) is 5.91 Å². The molecule has 2 atom stereocenters. The fraction of sp³-hybridized carbons (Fsp3) is 0.867. The van der Waals surface area contributed by atoms with Crippen molar-refractivity contribution in [1.82, 2.24) is 4.90 Å². The van der Waals surface area contributed by atoms with Crippen LogP contribution in [0.25, 0.3) is 0 Å². The zero-order valence-corrected chi connectivity index (χ0v) is 13.4. The highest BCUT2D eigenvalue weighted by atomic mass is 16.5. The zero-order chi connectivity index (χ0) is 16.0. The van der Waals surface area contributed by atoms with E-state index < -0.39 is 17.5 Å². The molecule has 1 aliphatic heterocycles. The van der Waals surface area contributed by atoms with Gasteiger partial charge in [-0.2, -0.15) is 0 Å². The van der Waals surface area contributed by atoms with E-state index in [0.717, 1.165) is 0 Å². The molecule has 0 aromatic carbocycles. The minimum Gasteiger partial charge on any atom is -0.481 e. The Labute approximate surface area is 126 Å². The average Bonchev–Trinajstić information content (AvgIpc) is 2.89. The third-order valence-corrected chi connectivity index (χ3v) is 4.29. The second-order valence-electron chi connectivity index (χ2n) is 5.84. The fourth-order valence-corrected chi connectivity index (χ4v) is 2.67. The monoisotopic (exact) mass is 301 g/mol. The number of ether oxygens (including phenoxy) is 2. The van der Waals surface area contributed by atoms with E-state index in [9.17, 15) is 14.7 Å². The summed E-state index contributed by atoms with van der Waals surface area (Å²) in [6.45, 7) is 9.56. The van der Waals surface area contributed by atoms with Crippen LogP contribution < -0.4 is 0 Å². The summed E-state index contributed by atoms with van der Waals surface area (Å²) in [6.07, 6.45) is -0.0700. The third kappa shape index (κ3) is 4.17. The van der Waals surface area contributed by atoms with E-state index in [0.29, 0.717) is 32.8 Å². The molecule has 0 bridgehead atoms. The number of likely N-dealkylation sites (tertiary alicyclic amines) is 1. The first-order valence-electron chi connectivity index (χ1n) is 7.56. The molecule has 0 aliphatic carbocycles. The highest BCUT2D eigenvalue weighted by molar-refractivity contribution is 5.83. The van der Waals surface area contributed by atoms with E-state index in [2.05, 4.69) is 0 Å². The van der Waals surface area contributed by atoms with Crippen molar-refractivity contribution < 1.29 is 24.2 Å². The van der Waals surface area contributed by atoms with Crippen molar-refractivity contribution in [2.45, 2.75) is 40.2 Å². The van der Waals surface area contributed by atoms with Gasteiger partial charge in [-0.3, -0.25) is 9.59 Å². The molecule has 6 heteroatoms. The van der Waals surface area contributed by atoms with Crippen molar-refractivity contribution in [1.29, 1.82) is 0 Å². The van der Waals surface area contributed by atoms with Crippen molar-refractivity contribution >= 4 is 11.9 Å². The van der Waals surface area contributed by atoms with Crippen LogP contribution in [0, 0.1) is 11.3 Å². The molecule has 1 saturated heterocycles. The lowest BCUT2D eigenvalue weighted by atomic mass is 9.76. The van der Waals surface area contributed by atoms with Gasteiger partial charge in [-0.1, -0.05) is 13.8 Å². The molecule has 0 aromatic rings. The van der Waals surface area contributed by atoms with Gasteiger partial charge in [0, 0.05) is 19.7 Å². The fourth-order valence-electron chi connectivity index (χ4n) is 2.67. The number of amides is 1. The second kappa shape index (κ2) is 7.75. The Morgan fingerprint density at radius 2 is 1.95 bits per heavy atom. The highest BCUT2D eigenvalue weighted by Crippen LogP contribution is 2.38. The maximum absolute atomic E-state index is 12.3. The number of aliphatic carboxylic acids is 1. The Hall–Kier alpha value is -1.14. The normalized spacial score (nSPS) is 23.6. The number of hydrogen-bond donors (Lipinski definition) is 1. The first kappa shape index (κ1) is 17.9. The molecule has 1 amide bonds. The molecule has 2 unspecified atom stereocenters. The molecule has 1 heterocycles. The van der Waals surface area contributed by atoms with Gasteiger partial charge in [0.2, 0.25) is 0 Å². The van der Waals surface area contributed by atoms with Crippen LogP contribution in [0.3, 0.4) is 0 Å². The first-order valence-corrected chi connectivity index (χ1v) is 7.56. The van der Waals surface area contributed by atoms with Crippen LogP contribution in [-0.2, 0) is 19.1 Å². The van der Waals surface area contributed by atoms with Gasteiger partial charge < -0.3 is 19.5 Å². The molecule has 1 N–H and O–H groups in total. The summed E-state index contributed by atoms with van der Waals surface area (Å²) in [5.41, 5.74) is -0.833. The van der Waals surface area contributed by atoms with Crippen LogP contribution >= 0.6 is 0 Å². The number of carbonyl (C=O) groups excluding carboxylic acids is 1. The van der Waals surface area contributed by atoms with E-state index >= 15 is 0 Å². The van der Waals surface area contributed by atoms with Crippen LogP contribution in [0.15, 0.2) is 0 Å². The Bertz CT molecular complexity index is 371. The Morgan fingerprint density at radius 1 is 1.29 bits per heavy atom. The maximum atomic E-state index is 12.3. The molecular weight excluding hydrogens is 274 g/mol. The smallest absolute Gasteiger partial charge is 0.311 e. The lowest BCUT2D eigenvalue weighted by molar-refractivity contribution is -0.152. The summed E-state index contributed by atoms with van der Waals surface area (Å²) in [5.74, 6) is -0.977. The minimum absolute atomic E-state index is 0.0121. The van der Waals surface area contributed by atoms with Gasteiger partial charge in [0.05, 0.1) is 18.6 Å². The topological polar surface area (TPSA) is 76.1 Å². The largest absolute Gasteiger partial charge is 0.481 e. The Kier molecular flexibility index (Phi) is 6.61. The molecular formula is C15H27NO5. The van der Waals surface area contributed by atoms with Gasteiger partial charge in [0.15, 0.2) is 0 Å². The van der Waals surface area contributed by atoms with Gasteiger partial charge in [-0.05, 0) is 26.2 Å². The van der Waals surface area contributed by atoms with E-state index in [1.807, 2.05) is 20.8 Å². The molecule has 1 aliphatic rings. The summed E-state index contributed by atoms with van der Waals surface area (Å²) < 4.78 is 10.6. The van der Waals surface area contributed by atoms with Crippen LogP contribution in [0.1, 0.15) is 34.1 Å². The second-order valence-corrected chi connectivity index (χ2v) is 5.84. The van der Waals surface area contributed by atoms with Crippen LogP contribution in [-0.4, -0.2) is 60.9 Å². The molecule has 0 aromatic heterocycles.